The Balaban J connectivity index is 1.52. The van der Waals surface area contributed by atoms with Crippen LogP contribution in [0.4, 0.5) is 0 Å². The Hall–Kier alpha value is -2.34. The summed E-state index contributed by atoms with van der Waals surface area (Å²) in [6.45, 7) is 3.26. The molecule has 3 rings (SSSR count). The maximum Gasteiger partial charge on any atom is 0.336 e. The van der Waals surface area contributed by atoms with Gasteiger partial charge in [0.25, 0.3) is 0 Å². The molecule has 1 aromatic heterocycles. The largest absolute Gasteiger partial charge is 0.491 e. The third-order valence-electron chi connectivity index (χ3n) is 4.07. The van der Waals surface area contributed by atoms with Gasteiger partial charge in [-0.25, -0.2) is 4.79 Å². The summed E-state index contributed by atoms with van der Waals surface area (Å²) in [7, 11) is 0. The van der Waals surface area contributed by atoms with E-state index < -0.39 is 6.10 Å². The van der Waals surface area contributed by atoms with E-state index in [0.717, 1.165) is 23.1 Å². The molecule has 1 heterocycles. The number of benzene rings is 2. The van der Waals surface area contributed by atoms with E-state index in [0.29, 0.717) is 22.9 Å². The zero-order valence-electron chi connectivity index (χ0n) is 14.4. The molecule has 0 spiro atoms. The predicted octanol–water partition coefficient (Wildman–Crippen LogP) is 2.26. The number of hydrogen-bond acceptors (Lipinski definition) is 4. The van der Waals surface area contributed by atoms with Crippen molar-refractivity contribution in [2.75, 3.05) is 13.2 Å². The quantitative estimate of drug-likeness (QED) is 0.622. The molecule has 0 saturated heterocycles. The van der Waals surface area contributed by atoms with Gasteiger partial charge in [0.1, 0.15) is 37.1 Å². The molecule has 0 radical (unpaired) electrons. The number of aryl methyl sites for hydroxylation is 1. The first kappa shape index (κ1) is 18.5. The number of halogens is 1. The van der Waals surface area contributed by atoms with Crippen molar-refractivity contribution >= 4 is 22.6 Å². The molecule has 6 heteroatoms. The summed E-state index contributed by atoms with van der Waals surface area (Å²) in [5.41, 5.74) is 2.06. The molecule has 0 aliphatic rings. The van der Waals surface area contributed by atoms with Gasteiger partial charge in [0.05, 0.1) is 0 Å². The Labute approximate surface area is 156 Å². The van der Waals surface area contributed by atoms with E-state index in [2.05, 4.69) is 0 Å². The number of nitrogens with two attached hydrogens (primary N) is 1. The van der Waals surface area contributed by atoms with Crippen LogP contribution >= 0.6 is 11.6 Å². The molecule has 0 fully saturated rings. The van der Waals surface area contributed by atoms with Gasteiger partial charge in [0.15, 0.2) is 0 Å². The second-order valence-electron chi connectivity index (χ2n) is 6.23. The highest BCUT2D eigenvalue weighted by Gasteiger charge is 2.09. The Morgan fingerprint density at radius 2 is 2.08 bits per heavy atom. The molecule has 2 aromatic carbocycles. The molecule has 136 valence electrons. The number of ether oxygens (including phenoxy) is 1. The van der Waals surface area contributed by atoms with Crippen LogP contribution in [0.25, 0.3) is 11.0 Å². The summed E-state index contributed by atoms with van der Waals surface area (Å²) >= 11 is 5.95. The van der Waals surface area contributed by atoms with Gasteiger partial charge in [-0.1, -0.05) is 23.7 Å². The molecule has 5 nitrogen and oxygen atoms in total. The van der Waals surface area contributed by atoms with Gasteiger partial charge in [-0.05, 0) is 36.8 Å². The topological polar surface area (TPSA) is 76.3 Å². The highest BCUT2D eigenvalue weighted by Crippen LogP contribution is 2.22. The minimum atomic E-state index is -0.616. The SMILES string of the molecule is Cc1cc(=O)oc2cc(OC[C@H](O)C[NH2+]Cc3cccc(Cl)c3)ccc12. The number of fused-ring (bicyclic) bond motifs is 1. The van der Waals surface area contributed by atoms with E-state index in [4.69, 9.17) is 20.8 Å². The van der Waals surface area contributed by atoms with Crippen molar-refractivity contribution < 1.29 is 19.6 Å². The summed E-state index contributed by atoms with van der Waals surface area (Å²) in [4.78, 5) is 11.5. The first-order valence-corrected chi connectivity index (χ1v) is 8.80. The fourth-order valence-corrected chi connectivity index (χ4v) is 2.97. The third kappa shape index (κ3) is 4.85. The second kappa shape index (κ2) is 8.36. The molecule has 0 aliphatic carbocycles. The summed E-state index contributed by atoms with van der Waals surface area (Å²) in [5.74, 6) is 0.556. The van der Waals surface area contributed by atoms with Crippen LogP contribution in [-0.2, 0) is 6.54 Å². The Kier molecular flexibility index (Phi) is 5.93. The van der Waals surface area contributed by atoms with Crippen LogP contribution in [0.3, 0.4) is 0 Å². The summed E-state index contributed by atoms with van der Waals surface area (Å²) in [6, 6.07) is 14.4. The molecular formula is C20H21ClNO4+. The molecular weight excluding hydrogens is 354 g/mol. The van der Waals surface area contributed by atoms with Gasteiger partial charge >= 0.3 is 5.63 Å². The molecule has 0 amide bonds. The van der Waals surface area contributed by atoms with Gasteiger partial charge in [0, 0.05) is 28.1 Å². The Morgan fingerprint density at radius 1 is 1.23 bits per heavy atom. The first-order valence-electron chi connectivity index (χ1n) is 8.43. The van der Waals surface area contributed by atoms with Crippen molar-refractivity contribution in [3.8, 4) is 5.75 Å². The van der Waals surface area contributed by atoms with Crippen molar-refractivity contribution in [1.82, 2.24) is 0 Å². The summed E-state index contributed by atoms with van der Waals surface area (Å²) in [6.07, 6.45) is -0.616. The second-order valence-corrected chi connectivity index (χ2v) is 6.67. The maximum absolute atomic E-state index is 11.5. The van der Waals surface area contributed by atoms with E-state index in [1.807, 2.05) is 42.6 Å². The van der Waals surface area contributed by atoms with Gasteiger partial charge in [-0.2, -0.15) is 0 Å². The molecule has 26 heavy (non-hydrogen) atoms. The number of rotatable bonds is 7. The smallest absolute Gasteiger partial charge is 0.336 e. The molecule has 0 unspecified atom stereocenters. The van der Waals surface area contributed by atoms with Crippen molar-refractivity contribution in [3.05, 3.63) is 75.1 Å². The standard InChI is InChI=1S/C20H20ClNO4/c1-13-7-20(24)26-19-9-17(5-6-18(13)19)25-12-16(23)11-22-10-14-3-2-4-15(21)8-14/h2-9,16,22-23H,10-12H2,1H3/p+1/t16-/m1/s1. The Bertz CT molecular complexity index is 954. The lowest BCUT2D eigenvalue weighted by molar-refractivity contribution is -0.676. The van der Waals surface area contributed by atoms with Crippen LogP contribution in [0.5, 0.6) is 5.75 Å². The summed E-state index contributed by atoms with van der Waals surface area (Å²) < 4.78 is 10.8. The zero-order chi connectivity index (χ0) is 18.5. The number of hydrogen-bond donors (Lipinski definition) is 2. The zero-order valence-corrected chi connectivity index (χ0v) is 15.2. The van der Waals surface area contributed by atoms with Crippen LogP contribution in [0.2, 0.25) is 5.02 Å². The van der Waals surface area contributed by atoms with E-state index in [1.165, 1.54) is 6.07 Å². The summed E-state index contributed by atoms with van der Waals surface area (Å²) in [5, 5.41) is 13.7. The first-order chi connectivity index (χ1) is 12.5. The molecule has 1 atom stereocenters. The van der Waals surface area contributed by atoms with Gasteiger partial charge in [0.2, 0.25) is 0 Å². The van der Waals surface area contributed by atoms with Gasteiger partial charge < -0.3 is 19.6 Å². The monoisotopic (exact) mass is 374 g/mol. The lowest BCUT2D eigenvalue weighted by Gasteiger charge is -2.12. The third-order valence-corrected chi connectivity index (χ3v) is 4.31. The van der Waals surface area contributed by atoms with E-state index in [-0.39, 0.29) is 12.2 Å². The van der Waals surface area contributed by atoms with E-state index in [1.54, 1.807) is 12.1 Å². The molecule has 0 saturated carbocycles. The van der Waals surface area contributed by atoms with Crippen LogP contribution in [0, 0.1) is 6.92 Å². The van der Waals surface area contributed by atoms with Crippen LogP contribution < -0.4 is 15.7 Å². The number of aliphatic hydroxyl groups excluding tert-OH is 1. The van der Waals surface area contributed by atoms with Gasteiger partial charge in [-0.3, -0.25) is 0 Å². The lowest BCUT2D eigenvalue weighted by atomic mass is 10.1. The highest BCUT2D eigenvalue weighted by atomic mass is 35.5. The average Bonchev–Trinajstić information content (AvgIpc) is 2.59. The van der Waals surface area contributed by atoms with Crippen LogP contribution in [-0.4, -0.2) is 24.4 Å². The fraction of sp³-hybridized carbons (Fsp3) is 0.250. The maximum atomic E-state index is 11.5. The minimum absolute atomic E-state index is 0.160. The minimum Gasteiger partial charge on any atom is -0.491 e. The Morgan fingerprint density at radius 3 is 2.88 bits per heavy atom. The van der Waals surface area contributed by atoms with Gasteiger partial charge in [-0.15, -0.1) is 0 Å². The normalized spacial score (nSPS) is 12.3. The van der Waals surface area contributed by atoms with Crippen molar-refractivity contribution in [1.29, 1.82) is 0 Å². The van der Waals surface area contributed by atoms with Crippen LogP contribution in [0.15, 0.2) is 57.7 Å². The van der Waals surface area contributed by atoms with Crippen molar-refractivity contribution in [3.63, 3.8) is 0 Å². The van der Waals surface area contributed by atoms with Crippen molar-refractivity contribution in [2.24, 2.45) is 0 Å². The fourth-order valence-electron chi connectivity index (χ4n) is 2.76. The molecule has 0 bridgehead atoms. The average molecular weight is 375 g/mol. The number of quaternary nitrogens is 1. The van der Waals surface area contributed by atoms with Crippen molar-refractivity contribution in [2.45, 2.75) is 19.6 Å². The van der Waals surface area contributed by atoms with E-state index >= 15 is 0 Å². The lowest BCUT2D eigenvalue weighted by Crippen LogP contribution is -2.85. The van der Waals surface area contributed by atoms with E-state index in [9.17, 15) is 9.90 Å². The highest BCUT2D eigenvalue weighted by molar-refractivity contribution is 6.30. The number of aliphatic hydroxyl groups is 1. The molecule has 3 N–H and O–H groups in total. The van der Waals surface area contributed by atoms with Crippen LogP contribution in [0.1, 0.15) is 11.1 Å². The predicted molar refractivity (Wildman–Crippen MR) is 101 cm³/mol. The molecule has 0 aliphatic heterocycles. The molecule has 3 aromatic rings.